The number of nitrogens with zero attached hydrogens (tertiary/aromatic N) is 6. The van der Waals surface area contributed by atoms with Crippen molar-refractivity contribution in [3.63, 3.8) is 0 Å². The zero-order chi connectivity index (χ0) is 17.2. The van der Waals surface area contributed by atoms with Crippen molar-refractivity contribution in [2.45, 2.75) is 26.3 Å². The van der Waals surface area contributed by atoms with E-state index in [9.17, 15) is 0 Å². The summed E-state index contributed by atoms with van der Waals surface area (Å²) in [6.07, 6.45) is 5.87. The Morgan fingerprint density at radius 3 is 2.68 bits per heavy atom. The molecule has 0 aliphatic heterocycles. The maximum Gasteiger partial charge on any atom is 0.157 e. The Balaban J connectivity index is 1.59. The molecule has 4 rings (SSSR count). The van der Waals surface area contributed by atoms with Gasteiger partial charge < -0.3 is 5.32 Å². The molecule has 0 aliphatic rings. The Morgan fingerprint density at radius 1 is 1.12 bits per heavy atom. The van der Waals surface area contributed by atoms with Crippen LogP contribution < -0.4 is 5.32 Å². The highest BCUT2D eigenvalue weighted by Gasteiger charge is 2.11. The highest BCUT2D eigenvalue weighted by atomic mass is 15.3. The molecule has 25 heavy (non-hydrogen) atoms. The lowest BCUT2D eigenvalue weighted by atomic mass is 10.1. The van der Waals surface area contributed by atoms with Crippen LogP contribution in [-0.2, 0) is 6.42 Å². The van der Waals surface area contributed by atoms with E-state index in [1.54, 1.807) is 17.2 Å². The number of hydrogen-bond acceptors (Lipinski definition) is 5. The van der Waals surface area contributed by atoms with E-state index in [0.717, 1.165) is 29.3 Å². The molecule has 0 unspecified atom stereocenters. The minimum Gasteiger partial charge on any atom is -0.363 e. The Hall–Kier alpha value is -3.22. The van der Waals surface area contributed by atoms with Crippen LogP contribution in [0, 0.1) is 0 Å². The zero-order valence-corrected chi connectivity index (χ0v) is 14.2. The van der Waals surface area contributed by atoms with E-state index >= 15 is 0 Å². The van der Waals surface area contributed by atoms with Crippen LogP contribution in [0.15, 0.2) is 55.2 Å². The van der Waals surface area contributed by atoms with Crippen LogP contribution in [0.5, 0.6) is 0 Å². The van der Waals surface area contributed by atoms with Crippen LogP contribution >= 0.6 is 0 Å². The lowest BCUT2D eigenvalue weighted by Gasteiger charge is -2.17. The number of hydrogen-bond donors (Lipinski definition) is 1. The van der Waals surface area contributed by atoms with E-state index in [-0.39, 0.29) is 6.04 Å². The molecule has 3 aromatic heterocycles. The summed E-state index contributed by atoms with van der Waals surface area (Å²) in [6.45, 7) is 4.23. The van der Waals surface area contributed by atoms with Gasteiger partial charge in [-0.2, -0.15) is 14.7 Å². The van der Waals surface area contributed by atoms with Crippen molar-refractivity contribution < 1.29 is 0 Å². The molecular weight excluding hydrogens is 314 g/mol. The Kier molecular flexibility index (Phi) is 3.89. The van der Waals surface area contributed by atoms with Crippen LogP contribution in [0.4, 0.5) is 5.82 Å². The first-order chi connectivity index (χ1) is 12.2. The highest BCUT2D eigenvalue weighted by molar-refractivity contribution is 5.50. The molecule has 3 heterocycles. The summed E-state index contributed by atoms with van der Waals surface area (Å²) < 4.78 is 3.57. The molecule has 7 nitrogen and oxygen atoms in total. The minimum absolute atomic E-state index is 0.129. The molecule has 0 bridgehead atoms. The molecule has 1 N–H and O–H groups in total. The molecule has 0 spiro atoms. The van der Waals surface area contributed by atoms with Crippen molar-refractivity contribution in [2.75, 3.05) is 5.32 Å². The van der Waals surface area contributed by atoms with Crippen LogP contribution in [-0.4, -0.2) is 29.4 Å². The molecule has 1 aromatic carbocycles. The van der Waals surface area contributed by atoms with Gasteiger partial charge in [-0.3, -0.25) is 0 Å². The quantitative estimate of drug-likeness (QED) is 0.608. The topological polar surface area (TPSA) is 72.9 Å². The van der Waals surface area contributed by atoms with Gasteiger partial charge in [0, 0.05) is 23.9 Å². The number of aromatic nitrogens is 6. The molecule has 0 amide bonds. The monoisotopic (exact) mass is 333 g/mol. The lowest BCUT2D eigenvalue weighted by Crippen LogP contribution is -2.11. The second-order valence-corrected chi connectivity index (χ2v) is 5.89. The number of rotatable bonds is 5. The van der Waals surface area contributed by atoms with Gasteiger partial charge in [-0.1, -0.05) is 19.1 Å². The number of aryl methyl sites for hydroxylation is 1. The summed E-state index contributed by atoms with van der Waals surface area (Å²) in [5.41, 5.74) is 4.07. The predicted octanol–water partition coefficient (Wildman–Crippen LogP) is 3.05. The van der Waals surface area contributed by atoms with Crippen LogP contribution in [0.2, 0.25) is 0 Å². The van der Waals surface area contributed by atoms with Crippen molar-refractivity contribution in [3.8, 4) is 5.69 Å². The molecule has 0 fully saturated rings. The van der Waals surface area contributed by atoms with Gasteiger partial charge in [0.15, 0.2) is 5.65 Å². The third-order valence-corrected chi connectivity index (χ3v) is 4.22. The Morgan fingerprint density at radius 2 is 1.96 bits per heavy atom. The van der Waals surface area contributed by atoms with Crippen molar-refractivity contribution >= 4 is 11.5 Å². The summed E-state index contributed by atoms with van der Waals surface area (Å²) >= 11 is 0. The number of nitrogens with one attached hydrogen (secondary N) is 1. The van der Waals surface area contributed by atoms with Crippen LogP contribution in [0.25, 0.3) is 11.3 Å². The molecule has 4 aromatic rings. The number of anilines is 1. The van der Waals surface area contributed by atoms with Crippen molar-refractivity contribution in [1.29, 1.82) is 0 Å². The van der Waals surface area contributed by atoms with Crippen molar-refractivity contribution in [3.05, 3.63) is 66.5 Å². The number of benzene rings is 1. The molecule has 0 saturated carbocycles. The molecule has 1 atom stereocenters. The maximum absolute atomic E-state index is 4.58. The molecule has 0 radical (unpaired) electrons. The third-order valence-electron chi connectivity index (χ3n) is 4.22. The van der Waals surface area contributed by atoms with Crippen molar-refractivity contribution in [2.24, 2.45) is 0 Å². The molecule has 7 heteroatoms. The fourth-order valence-corrected chi connectivity index (χ4v) is 2.81. The first-order valence-corrected chi connectivity index (χ1v) is 8.30. The first-order valence-electron chi connectivity index (χ1n) is 8.30. The average molecular weight is 333 g/mol. The lowest BCUT2D eigenvalue weighted by molar-refractivity contribution is 0.830. The van der Waals surface area contributed by atoms with Gasteiger partial charge in [0.2, 0.25) is 0 Å². The van der Waals surface area contributed by atoms with E-state index in [2.05, 4.69) is 57.5 Å². The van der Waals surface area contributed by atoms with E-state index in [1.165, 1.54) is 11.9 Å². The standard InChI is InChI=1S/C18H19N7/c1-3-15-10-18(25-17(23-15)8-9-20-25)22-13(2)14-4-6-16(7-5-14)24-12-19-11-21-24/h4-13,22H,3H2,1-2H3/t13-/m1/s1. The molecular formula is C18H19N7. The minimum atomic E-state index is 0.129. The summed E-state index contributed by atoms with van der Waals surface area (Å²) in [4.78, 5) is 8.56. The fraction of sp³-hybridized carbons (Fsp3) is 0.222. The average Bonchev–Trinajstić information content (AvgIpc) is 3.33. The largest absolute Gasteiger partial charge is 0.363 e. The Bertz CT molecular complexity index is 971. The second kappa shape index (κ2) is 6.35. The first kappa shape index (κ1) is 15.3. The second-order valence-electron chi connectivity index (χ2n) is 5.89. The number of fused-ring (bicyclic) bond motifs is 1. The van der Waals surface area contributed by atoms with E-state index in [1.807, 2.05) is 22.7 Å². The van der Waals surface area contributed by atoms with Gasteiger partial charge >= 0.3 is 0 Å². The van der Waals surface area contributed by atoms with Crippen molar-refractivity contribution in [1.82, 2.24) is 29.4 Å². The van der Waals surface area contributed by atoms with Gasteiger partial charge in [-0.15, -0.1) is 0 Å². The SMILES string of the molecule is CCc1cc(N[C@H](C)c2ccc(-n3cncn3)cc2)n2nccc2n1. The zero-order valence-electron chi connectivity index (χ0n) is 14.2. The van der Waals surface area contributed by atoms with Gasteiger partial charge in [0.25, 0.3) is 0 Å². The summed E-state index contributed by atoms with van der Waals surface area (Å²) in [5, 5.41) is 12.1. The van der Waals surface area contributed by atoms with Crippen LogP contribution in [0.3, 0.4) is 0 Å². The van der Waals surface area contributed by atoms with Gasteiger partial charge in [0.05, 0.1) is 11.9 Å². The van der Waals surface area contributed by atoms with Gasteiger partial charge in [-0.05, 0) is 31.0 Å². The summed E-state index contributed by atoms with van der Waals surface area (Å²) in [5.74, 6) is 0.944. The molecule has 0 aliphatic carbocycles. The summed E-state index contributed by atoms with van der Waals surface area (Å²) in [7, 11) is 0. The summed E-state index contributed by atoms with van der Waals surface area (Å²) in [6, 6.07) is 12.4. The van der Waals surface area contributed by atoms with E-state index in [0.29, 0.717) is 0 Å². The third kappa shape index (κ3) is 2.96. The van der Waals surface area contributed by atoms with Gasteiger partial charge in [-0.25, -0.2) is 14.6 Å². The predicted molar refractivity (Wildman–Crippen MR) is 95.8 cm³/mol. The molecule has 126 valence electrons. The van der Waals surface area contributed by atoms with E-state index in [4.69, 9.17) is 0 Å². The maximum atomic E-state index is 4.58. The Labute approximate surface area is 145 Å². The smallest absolute Gasteiger partial charge is 0.157 e. The highest BCUT2D eigenvalue weighted by Crippen LogP contribution is 2.21. The van der Waals surface area contributed by atoms with E-state index < -0.39 is 0 Å². The van der Waals surface area contributed by atoms with Gasteiger partial charge in [0.1, 0.15) is 18.5 Å². The normalized spacial score (nSPS) is 12.4. The fourth-order valence-electron chi connectivity index (χ4n) is 2.81. The van der Waals surface area contributed by atoms with Crippen LogP contribution in [0.1, 0.15) is 31.1 Å². The molecule has 0 saturated heterocycles.